The highest BCUT2D eigenvalue weighted by atomic mass is 79.9. The van der Waals surface area contributed by atoms with E-state index in [0.29, 0.717) is 10.4 Å². The third-order valence-corrected chi connectivity index (χ3v) is 4.71. The van der Waals surface area contributed by atoms with Crippen molar-refractivity contribution in [2.45, 2.75) is 27.3 Å². The molecular formula is C15H18BrFN2S. The summed E-state index contributed by atoms with van der Waals surface area (Å²) in [6, 6.07) is 5.01. The van der Waals surface area contributed by atoms with E-state index in [0.717, 1.165) is 29.4 Å². The van der Waals surface area contributed by atoms with Crippen LogP contribution in [0.2, 0.25) is 0 Å². The SMILES string of the molecule is Cc1nc(-c2ccc(F)c(Br)c2)sc1CNCC(C)C. The Morgan fingerprint density at radius 1 is 1.40 bits per heavy atom. The summed E-state index contributed by atoms with van der Waals surface area (Å²) >= 11 is 4.88. The van der Waals surface area contributed by atoms with Crippen LogP contribution in [0.3, 0.4) is 0 Å². The minimum absolute atomic E-state index is 0.249. The van der Waals surface area contributed by atoms with Crippen molar-refractivity contribution < 1.29 is 4.39 Å². The van der Waals surface area contributed by atoms with Crippen molar-refractivity contribution in [3.63, 3.8) is 0 Å². The van der Waals surface area contributed by atoms with Crippen molar-refractivity contribution in [1.29, 1.82) is 0 Å². The molecule has 5 heteroatoms. The molecule has 0 unspecified atom stereocenters. The molecule has 2 rings (SSSR count). The Morgan fingerprint density at radius 2 is 2.15 bits per heavy atom. The first kappa shape index (κ1) is 15.6. The number of aromatic nitrogens is 1. The molecule has 0 radical (unpaired) electrons. The van der Waals surface area contributed by atoms with Crippen LogP contribution < -0.4 is 5.32 Å². The fourth-order valence-electron chi connectivity index (χ4n) is 1.82. The quantitative estimate of drug-likeness (QED) is 0.834. The Bertz CT molecular complexity index is 596. The molecule has 0 aliphatic carbocycles. The second-order valence-corrected chi connectivity index (χ2v) is 7.12. The number of nitrogens with zero attached hydrogens (tertiary/aromatic N) is 1. The van der Waals surface area contributed by atoms with Gasteiger partial charge in [-0.05, 0) is 53.5 Å². The lowest BCUT2D eigenvalue weighted by atomic mass is 10.2. The van der Waals surface area contributed by atoms with Gasteiger partial charge >= 0.3 is 0 Å². The van der Waals surface area contributed by atoms with Crippen LogP contribution in [-0.4, -0.2) is 11.5 Å². The zero-order valence-corrected chi connectivity index (χ0v) is 14.2. The van der Waals surface area contributed by atoms with Crippen LogP contribution in [0.5, 0.6) is 0 Å². The number of halogens is 2. The number of nitrogens with one attached hydrogen (secondary N) is 1. The predicted octanol–water partition coefficient (Wildman–Crippen LogP) is 4.77. The van der Waals surface area contributed by atoms with Gasteiger partial charge in [0, 0.05) is 17.0 Å². The largest absolute Gasteiger partial charge is 0.312 e. The van der Waals surface area contributed by atoms with Crippen LogP contribution in [0, 0.1) is 18.7 Å². The number of hydrogen-bond acceptors (Lipinski definition) is 3. The molecule has 0 aliphatic rings. The van der Waals surface area contributed by atoms with E-state index in [-0.39, 0.29) is 5.82 Å². The zero-order valence-electron chi connectivity index (χ0n) is 11.8. The molecule has 0 aliphatic heterocycles. The van der Waals surface area contributed by atoms with Gasteiger partial charge in [0.2, 0.25) is 0 Å². The number of thiazole rings is 1. The van der Waals surface area contributed by atoms with Crippen molar-refractivity contribution in [1.82, 2.24) is 10.3 Å². The second kappa shape index (κ2) is 6.78. The van der Waals surface area contributed by atoms with Crippen LogP contribution in [0.15, 0.2) is 22.7 Å². The topological polar surface area (TPSA) is 24.9 Å². The normalized spacial score (nSPS) is 11.3. The Balaban J connectivity index is 2.15. The highest BCUT2D eigenvalue weighted by Gasteiger charge is 2.11. The molecule has 0 fully saturated rings. The van der Waals surface area contributed by atoms with Crippen LogP contribution in [0.25, 0.3) is 10.6 Å². The fraction of sp³-hybridized carbons (Fsp3) is 0.400. The first-order chi connectivity index (χ1) is 9.47. The first-order valence-corrected chi connectivity index (χ1v) is 8.20. The third-order valence-electron chi connectivity index (χ3n) is 2.90. The molecule has 0 saturated heterocycles. The molecule has 108 valence electrons. The summed E-state index contributed by atoms with van der Waals surface area (Å²) in [7, 11) is 0. The molecule has 0 bridgehead atoms. The molecule has 1 aromatic carbocycles. The summed E-state index contributed by atoms with van der Waals surface area (Å²) in [5, 5.41) is 4.36. The molecule has 0 amide bonds. The van der Waals surface area contributed by atoms with Crippen molar-refractivity contribution in [2.75, 3.05) is 6.54 Å². The maximum Gasteiger partial charge on any atom is 0.137 e. The summed E-state index contributed by atoms with van der Waals surface area (Å²) in [4.78, 5) is 5.82. The van der Waals surface area contributed by atoms with E-state index in [9.17, 15) is 4.39 Å². The van der Waals surface area contributed by atoms with Gasteiger partial charge in [0.25, 0.3) is 0 Å². The monoisotopic (exact) mass is 356 g/mol. The molecule has 0 saturated carbocycles. The molecule has 0 spiro atoms. The van der Waals surface area contributed by atoms with Gasteiger partial charge < -0.3 is 5.32 Å². The van der Waals surface area contributed by atoms with Crippen LogP contribution in [0.1, 0.15) is 24.4 Å². The van der Waals surface area contributed by atoms with Gasteiger partial charge in [0.1, 0.15) is 10.8 Å². The highest BCUT2D eigenvalue weighted by molar-refractivity contribution is 9.10. The first-order valence-electron chi connectivity index (χ1n) is 6.60. The number of benzene rings is 1. The van der Waals surface area contributed by atoms with E-state index < -0.39 is 0 Å². The van der Waals surface area contributed by atoms with Crippen LogP contribution in [-0.2, 0) is 6.54 Å². The number of rotatable bonds is 5. The lowest BCUT2D eigenvalue weighted by molar-refractivity contribution is 0.554. The molecule has 1 aromatic heterocycles. The number of hydrogen-bond donors (Lipinski definition) is 1. The fourth-order valence-corrected chi connectivity index (χ4v) is 3.23. The standard InChI is InChI=1S/C15H18BrFN2S/c1-9(2)7-18-8-14-10(3)19-15(20-14)11-4-5-13(17)12(16)6-11/h4-6,9,18H,7-8H2,1-3H3. The predicted molar refractivity (Wildman–Crippen MR) is 86.5 cm³/mol. The minimum Gasteiger partial charge on any atom is -0.312 e. The van der Waals surface area contributed by atoms with E-state index in [2.05, 4.69) is 40.1 Å². The zero-order chi connectivity index (χ0) is 14.7. The summed E-state index contributed by atoms with van der Waals surface area (Å²) in [5.41, 5.74) is 1.99. The van der Waals surface area contributed by atoms with E-state index in [4.69, 9.17) is 0 Å². The molecule has 20 heavy (non-hydrogen) atoms. The van der Waals surface area contributed by atoms with E-state index in [1.165, 1.54) is 10.9 Å². The Hall–Kier alpha value is -0.780. The molecule has 1 heterocycles. The van der Waals surface area contributed by atoms with Crippen LogP contribution in [0.4, 0.5) is 4.39 Å². The molecule has 2 aromatic rings. The summed E-state index contributed by atoms with van der Waals surface area (Å²) in [5.74, 6) is 0.386. The van der Waals surface area contributed by atoms with Gasteiger partial charge in [-0.25, -0.2) is 9.37 Å². The molecular weight excluding hydrogens is 339 g/mol. The average molecular weight is 357 g/mol. The summed E-state index contributed by atoms with van der Waals surface area (Å²) < 4.78 is 13.7. The minimum atomic E-state index is -0.249. The third kappa shape index (κ3) is 3.87. The maximum absolute atomic E-state index is 13.3. The van der Waals surface area contributed by atoms with E-state index in [1.807, 2.05) is 6.92 Å². The lowest BCUT2D eigenvalue weighted by Gasteiger charge is -2.05. The second-order valence-electron chi connectivity index (χ2n) is 5.18. The Kier molecular flexibility index (Phi) is 5.29. The number of aryl methyl sites for hydroxylation is 1. The van der Waals surface area contributed by atoms with Crippen LogP contribution >= 0.6 is 27.3 Å². The van der Waals surface area contributed by atoms with Gasteiger partial charge in [-0.3, -0.25) is 0 Å². The maximum atomic E-state index is 13.3. The Morgan fingerprint density at radius 3 is 2.80 bits per heavy atom. The summed E-state index contributed by atoms with van der Waals surface area (Å²) in [6.07, 6.45) is 0. The lowest BCUT2D eigenvalue weighted by Crippen LogP contribution is -2.18. The average Bonchev–Trinajstić information content (AvgIpc) is 2.74. The van der Waals surface area contributed by atoms with Crippen molar-refractivity contribution >= 4 is 27.3 Å². The van der Waals surface area contributed by atoms with Crippen molar-refractivity contribution in [3.05, 3.63) is 39.1 Å². The van der Waals surface area contributed by atoms with Crippen molar-refractivity contribution in [2.24, 2.45) is 5.92 Å². The van der Waals surface area contributed by atoms with Crippen molar-refractivity contribution in [3.8, 4) is 10.6 Å². The Labute approximate surface area is 131 Å². The summed E-state index contributed by atoms with van der Waals surface area (Å²) in [6.45, 7) is 8.23. The smallest absolute Gasteiger partial charge is 0.137 e. The van der Waals surface area contributed by atoms with Gasteiger partial charge in [-0.2, -0.15) is 0 Å². The van der Waals surface area contributed by atoms with Gasteiger partial charge in [-0.15, -0.1) is 11.3 Å². The van der Waals surface area contributed by atoms with Gasteiger partial charge in [0.05, 0.1) is 10.2 Å². The molecule has 1 N–H and O–H groups in total. The van der Waals surface area contributed by atoms with Gasteiger partial charge in [-0.1, -0.05) is 13.8 Å². The van der Waals surface area contributed by atoms with E-state index in [1.54, 1.807) is 23.5 Å². The molecule has 0 atom stereocenters. The highest BCUT2D eigenvalue weighted by Crippen LogP contribution is 2.30. The van der Waals surface area contributed by atoms with Gasteiger partial charge in [0.15, 0.2) is 0 Å². The van der Waals surface area contributed by atoms with E-state index >= 15 is 0 Å². The molecule has 2 nitrogen and oxygen atoms in total.